The Balaban J connectivity index is 1.49. The second-order valence-corrected chi connectivity index (χ2v) is 12.8. The number of rotatable bonds is 10. The van der Waals surface area contributed by atoms with Crippen LogP contribution in [0.5, 0.6) is 0 Å². The SMILES string of the molecule is COC1CC=C(c2nn(C3CCCCO3)cc2CN(C)CCN(C)COC(C)(C)C)CC12CCCCC2. The minimum absolute atomic E-state index is 0.0618. The Morgan fingerprint density at radius 2 is 1.84 bits per heavy atom. The average molecular weight is 517 g/mol. The molecular weight excluding hydrogens is 464 g/mol. The van der Waals surface area contributed by atoms with Crippen molar-refractivity contribution in [2.75, 3.05) is 47.6 Å². The standard InChI is InChI=1S/C30H52N4O3/c1-29(2,3)37-23-33(5)18-17-32(4)21-25-22-34(27-12-8-11-19-36-27)31-28(25)24-13-14-26(35-6)30(20-24)15-9-7-10-16-30/h13,22,26-27H,7-12,14-21,23H2,1-6H3. The summed E-state index contributed by atoms with van der Waals surface area (Å²) >= 11 is 0. The minimum atomic E-state index is -0.115. The molecule has 0 amide bonds. The first-order valence-corrected chi connectivity index (χ1v) is 14.6. The van der Waals surface area contributed by atoms with Gasteiger partial charge in [0, 0.05) is 50.5 Å². The quantitative estimate of drug-likeness (QED) is 0.363. The maximum Gasteiger partial charge on any atom is 0.150 e. The van der Waals surface area contributed by atoms with Gasteiger partial charge in [-0.25, -0.2) is 4.68 Å². The first kappa shape index (κ1) is 28.8. The summed E-state index contributed by atoms with van der Waals surface area (Å²) in [6.07, 6.45) is 17.1. The van der Waals surface area contributed by atoms with Gasteiger partial charge < -0.3 is 19.1 Å². The Kier molecular flexibility index (Phi) is 9.90. The van der Waals surface area contributed by atoms with Crippen LogP contribution in [-0.4, -0.2) is 78.9 Å². The molecule has 1 saturated carbocycles. The molecule has 0 N–H and O–H groups in total. The zero-order valence-corrected chi connectivity index (χ0v) is 24.4. The van der Waals surface area contributed by atoms with E-state index in [1.807, 2.05) is 7.11 Å². The van der Waals surface area contributed by atoms with E-state index in [1.165, 1.54) is 55.4 Å². The van der Waals surface area contributed by atoms with Gasteiger partial charge in [0.25, 0.3) is 0 Å². The number of hydrogen-bond acceptors (Lipinski definition) is 6. The lowest BCUT2D eigenvalue weighted by molar-refractivity contribution is -0.0569. The summed E-state index contributed by atoms with van der Waals surface area (Å²) < 4.78 is 20.2. The summed E-state index contributed by atoms with van der Waals surface area (Å²) in [6, 6.07) is 0. The molecule has 3 aliphatic rings. The van der Waals surface area contributed by atoms with Crippen molar-refractivity contribution in [1.82, 2.24) is 19.6 Å². The molecule has 0 bridgehead atoms. The van der Waals surface area contributed by atoms with E-state index < -0.39 is 0 Å². The van der Waals surface area contributed by atoms with Crippen molar-refractivity contribution in [3.8, 4) is 0 Å². The molecule has 1 aromatic rings. The Hall–Kier alpha value is -1.25. The third-order valence-corrected chi connectivity index (χ3v) is 8.52. The zero-order chi connectivity index (χ0) is 26.5. The molecule has 210 valence electrons. The molecule has 7 heteroatoms. The van der Waals surface area contributed by atoms with Gasteiger partial charge in [-0.15, -0.1) is 0 Å². The van der Waals surface area contributed by atoms with E-state index in [0.717, 1.165) is 51.9 Å². The van der Waals surface area contributed by atoms with Crippen LogP contribution in [0.1, 0.15) is 102 Å². The van der Waals surface area contributed by atoms with Gasteiger partial charge in [0.1, 0.15) is 6.23 Å². The highest BCUT2D eigenvalue weighted by Gasteiger charge is 2.43. The highest BCUT2D eigenvalue weighted by molar-refractivity contribution is 5.67. The molecule has 2 atom stereocenters. The first-order chi connectivity index (χ1) is 17.7. The number of hydrogen-bond donors (Lipinski definition) is 0. The van der Waals surface area contributed by atoms with Crippen LogP contribution >= 0.6 is 0 Å². The average Bonchev–Trinajstić information content (AvgIpc) is 3.30. The first-order valence-electron chi connectivity index (χ1n) is 14.6. The molecule has 2 unspecified atom stereocenters. The highest BCUT2D eigenvalue weighted by atomic mass is 16.5. The van der Waals surface area contributed by atoms with Crippen molar-refractivity contribution >= 4 is 5.57 Å². The Morgan fingerprint density at radius 1 is 1.08 bits per heavy atom. The van der Waals surface area contributed by atoms with Crippen molar-refractivity contribution in [1.29, 1.82) is 0 Å². The molecule has 1 aromatic heterocycles. The molecular formula is C30H52N4O3. The van der Waals surface area contributed by atoms with Crippen LogP contribution in [0.3, 0.4) is 0 Å². The van der Waals surface area contributed by atoms with Crippen molar-refractivity contribution in [2.45, 2.75) is 109 Å². The molecule has 0 aromatic carbocycles. The van der Waals surface area contributed by atoms with Gasteiger partial charge in [-0.3, -0.25) is 4.90 Å². The third kappa shape index (κ3) is 7.66. The van der Waals surface area contributed by atoms with E-state index in [-0.39, 0.29) is 17.2 Å². The summed E-state index contributed by atoms with van der Waals surface area (Å²) in [7, 11) is 6.25. The van der Waals surface area contributed by atoms with Crippen LogP contribution in [0.25, 0.3) is 5.57 Å². The van der Waals surface area contributed by atoms with Crippen LogP contribution in [-0.2, 0) is 20.8 Å². The van der Waals surface area contributed by atoms with Crippen LogP contribution in [0.2, 0.25) is 0 Å². The summed E-state index contributed by atoms with van der Waals surface area (Å²) in [4.78, 5) is 4.67. The van der Waals surface area contributed by atoms with Crippen molar-refractivity contribution in [3.05, 3.63) is 23.5 Å². The fraction of sp³-hybridized carbons (Fsp3) is 0.833. The van der Waals surface area contributed by atoms with E-state index in [9.17, 15) is 0 Å². The fourth-order valence-corrected chi connectivity index (χ4v) is 6.32. The predicted molar refractivity (Wildman–Crippen MR) is 149 cm³/mol. The topological polar surface area (TPSA) is 52.0 Å². The second-order valence-electron chi connectivity index (χ2n) is 12.8. The largest absolute Gasteiger partial charge is 0.381 e. The van der Waals surface area contributed by atoms with Gasteiger partial charge in [0.05, 0.1) is 24.1 Å². The van der Waals surface area contributed by atoms with E-state index >= 15 is 0 Å². The molecule has 2 heterocycles. The lowest BCUT2D eigenvalue weighted by atomic mass is 9.63. The van der Waals surface area contributed by atoms with Gasteiger partial charge in [0.2, 0.25) is 0 Å². The highest BCUT2D eigenvalue weighted by Crippen LogP contribution is 2.51. The summed E-state index contributed by atoms with van der Waals surface area (Å²) in [6.45, 7) is 10.6. The molecule has 0 radical (unpaired) electrons. The molecule has 1 aliphatic heterocycles. The van der Waals surface area contributed by atoms with Crippen LogP contribution < -0.4 is 0 Å². The van der Waals surface area contributed by atoms with E-state index in [4.69, 9.17) is 19.3 Å². The van der Waals surface area contributed by atoms with Gasteiger partial charge in [-0.2, -0.15) is 5.10 Å². The summed E-state index contributed by atoms with van der Waals surface area (Å²) in [5.41, 5.74) is 4.07. The van der Waals surface area contributed by atoms with Crippen LogP contribution in [0.4, 0.5) is 0 Å². The van der Waals surface area contributed by atoms with Crippen LogP contribution in [0.15, 0.2) is 12.3 Å². The third-order valence-electron chi connectivity index (χ3n) is 8.52. The maximum absolute atomic E-state index is 6.13. The lowest BCUT2D eigenvalue weighted by Gasteiger charge is -2.45. The molecule has 1 spiro atoms. The van der Waals surface area contributed by atoms with Gasteiger partial charge in [-0.05, 0) is 85.4 Å². The number of methoxy groups -OCH3 is 1. The number of aromatic nitrogens is 2. The zero-order valence-electron chi connectivity index (χ0n) is 24.4. The Morgan fingerprint density at radius 3 is 2.51 bits per heavy atom. The van der Waals surface area contributed by atoms with E-state index in [1.54, 1.807) is 0 Å². The van der Waals surface area contributed by atoms with E-state index in [2.05, 4.69) is 61.6 Å². The summed E-state index contributed by atoms with van der Waals surface area (Å²) in [5.74, 6) is 0. The fourth-order valence-electron chi connectivity index (χ4n) is 6.32. The number of likely N-dealkylation sites (N-methyl/N-ethyl adjacent to an activating group) is 2. The van der Waals surface area contributed by atoms with Crippen molar-refractivity contribution in [3.63, 3.8) is 0 Å². The summed E-state index contributed by atoms with van der Waals surface area (Å²) in [5, 5.41) is 5.22. The normalized spacial score (nSPS) is 24.7. The molecule has 2 fully saturated rings. The maximum atomic E-state index is 6.13. The molecule has 7 nitrogen and oxygen atoms in total. The van der Waals surface area contributed by atoms with Crippen LogP contribution in [0, 0.1) is 5.41 Å². The van der Waals surface area contributed by atoms with Crippen molar-refractivity contribution < 1.29 is 14.2 Å². The minimum Gasteiger partial charge on any atom is -0.381 e. The number of ether oxygens (including phenoxy) is 3. The molecule has 4 rings (SSSR count). The predicted octanol–water partition coefficient (Wildman–Crippen LogP) is 5.86. The van der Waals surface area contributed by atoms with E-state index in [0.29, 0.717) is 12.8 Å². The van der Waals surface area contributed by atoms with Gasteiger partial charge >= 0.3 is 0 Å². The smallest absolute Gasteiger partial charge is 0.150 e. The van der Waals surface area contributed by atoms with Gasteiger partial charge in [-0.1, -0.05) is 25.3 Å². The molecule has 2 aliphatic carbocycles. The molecule has 1 saturated heterocycles. The monoisotopic (exact) mass is 516 g/mol. The molecule has 37 heavy (non-hydrogen) atoms. The Labute approximate surface area is 225 Å². The Bertz CT molecular complexity index is 878. The number of nitrogens with zero attached hydrogens (tertiary/aromatic N) is 4. The lowest BCUT2D eigenvalue weighted by Crippen LogP contribution is -2.40. The van der Waals surface area contributed by atoms with Gasteiger partial charge in [0.15, 0.2) is 0 Å². The van der Waals surface area contributed by atoms with Crippen molar-refractivity contribution in [2.24, 2.45) is 5.41 Å². The number of allylic oxidation sites excluding steroid dienone is 1. The second kappa shape index (κ2) is 12.7.